The van der Waals surface area contributed by atoms with Crippen molar-refractivity contribution in [1.29, 1.82) is 0 Å². The Morgan fingerprint density at radius 2 is 1.75 bits per heavy atom. The summed E-state index contributed by atoms with van der Waals surface area (Å²) in [6.45, 7) is 6.17. The molecule has 3 rings (SSSR count). The third kappa shape index (κ3) is 1.70. The van der Waals surface area contributed by atoms with Gasteiger partial charge in [-0.2, -0.15) is 0 Å². The number of hydrogen-bond acceptors (Lipinski definition) is 3. The molecule has 0 unspecified atom stereocenters. The molecule has 1 aromatic rings. The second-order valence-corrected chi connectivity index (χ2v) is 5.56. The molecule has 0 radical (unpaired) electrons. The number of rotatable bonds is 2. The van der Waals surface area contributed by atoms with Crippen LogP contribution in [0.25, 0.3) is 0 Å². The predicted octanol–water partition coefficient (Wildman–Crippen LogP) is 1.02. The second-order valence-electron chi connectivity index (χ2n) is 5.56. The first-order valence-corrected chi connectivity index (χ1v) is 5.91. The number of anilines is 1. The number of nitrogens with two attached hydrogens (primary N) is 1. The number of nitrogen functional groups attached to an aromatic ring is 1. The lowest BCUT2D eigenvalue weighted by atomic mass is 9.73. The first kappa shape index (κ1) is 10.1. The fourth-order valence-electron chi connectivity index (χ4n) is 3.19. The first-order chi connectivity index (χ1) is 7.65. The molecule has 2 saturated heterocycles. The van der Waals surface area contributed by atoms with Gasteiger partial charge in [-0.05, 0) is 24.7 Å². The molecular formula is C13H19N3. The molecule has 3 nitrogen and oxygen atoms in total. The van der Waals surface area contributed by atoms with Crippen molar-refractivity contribution in [3.63, 3.8) is 0 Å². The Labute approximate surface area is 96.8 Å². The van der Waals surface area contributed by atoms with E-state index in [9.17, 15) is 0 Å². The Balaban J connectivity index is 1.53. The van der Waals surface area contributed by atoms with Crippen LogP contribution >= 0.6 is 0 Å². The quantitative estimate of drug-likeness (QED) is 0.751. The normalized spacial score (nSPS) is 24.1. The molecule has 2 N–H and O–H groups in total. The van der Waals surface area contributed by atoms with E-state index in [1.807, 2.05) is 12.1 Å². The van der Waals surface area contributed by atoms with Crippen LogP contribution in [0.5, 0.6) is 0 Å². The van der Waals surface area contributed by atoms with Gasteiger partial charge in [0, 0.05) is 43.8 Å². The molecular weight excluding hydrogens is 198 g/mol. The lowest BCUT2D eigenvalue weighted by Gasteiger charge is -2.59. The molecule has 2 aliphatic rings. The molecule has 0 amide bonds. The Kier molecular flexibility index (Phi) is 2.19. The van der Waals surface area contributed by atoms with E-state index >= 15 is 0 Å². The molecule has 1 aromatic carbocycles. The highest BCUT2D eigenvalue weighted by Crippen LogP contribution is 2.39. The molecule has 3 heteroatoms. The standard InChI is InChI=1S/C13H19N3/c1-15-7-13(8-15)9-16(10-13)6-11-2-4-12(14)5-3-11/h2-5H,6-10,14H2,1H3. The van der Waals surface area contributed by atoms with Crippen molar-refractivity contribution in [2.24, 2.45) is 5.41 Å². The lowest BCUT2D eigenvalue weighted by Crippen LogP contribution is -2.70. The van der Waals surface area contributed by atoms with Gasteiger partial charge in [0.15, 0.2) is 0 Å². The molecule has 0 aromatic heterocycles. The van der Waals surface area contributed by atoms with Crippen molar-refractivity contribution in [2.45, 2.75) is 6.54 Å². The summed E-state index contributed by atoms with van der Waals surface area (Å²) < 4.78 is 0. The highest BCUT2D eigenvalue weighted by Gasteiger charge is 2.49. The summed E-state index contributed by atoms with van der Waals surface area (Å²) in [5.41, 5.74) is 8.54. The molecule has 86 valence electrons. The summed E-state index contributed by atoms with van der Waals surface area (Å²) in [6.07, 6.45) is 0. The minimum atomic E-state index is 0.641. The number of hydrogen-bond donors (Lipinski definition) is 1. The molecule has 16 heavy (non-hydrogen) atoms. The van der Waals surface area contributed by atoms with Gasteiger partial charge in [0.2, 0.25) is 0 Å². The van der Waals surface area contributed by atoms with E-state index in [0.29, 0.717) is 5.41 Å². The average Bonchev–Trinajstić information content (AvgIpc) is 2.16. The van der Waals surface area contributed by atoms with Crippen molar-refractivity contribution in [3.8, 4) is 0 Å². The van der Waals surface area contributed by atoms with Crippen LogP contribution in [0, 0.1) is 5.41 Å². The molecule has 1 spiro atoms. The van der Waals surface area contributed by atoms with Crippen molar-refractivity contribution in [3.05, 3.63) is 29.8 Å². The monoisotopic (exact) mass is 217 g/mol. The van der Waals surface area contributed by atoms with E-state index in [0.717, 1.165) is 12.2 Å². The predicted molar refractivity (Wildman–Crippen MR) is 66.1 cm³/mol. The van der Waals surface area contributed by atoms with E-state index in [2.05, 4.69) is 29.0 Å². The van der Waals surface area contributed by atoms with Gasteiger partial charge in [0.25, 0.3) is 0 Å². The van der Waals surface area contributed by atoms with Crippen molar-refractivity contribution in [2.75, 3.05) is 39.0 Å². The molecule has 2 aliphatic heterocycles. The van der Waals surface area contributed by atoms with E-state index in [1.54, 1.807) is 0 Å². The number of benzene rings is 1. The van der Waals surface area contributed by atoms with E-state index in [-0.39, 0.29) is 0 Å². The fraction of sp³-hybridized carbons (Fsp3) is 0.538. The minimum absolute atomic E-state index is 0.641. The Hall–Kier alpha value is -1.06. The molecule has 2 fully saturated rings. The van der Waals surface area contributed by atoms with Crippen LogP contribution in [-0.4, -0.2) is 43.0 Å². The number of nitrogens with zero attached hydrogens (tertiary/aromatic N) is 2. The van der Waals surface area contributed by atoms with Gasteiger partial charge in [-0.15, -0.1) is 0 Å². The van der Waals surface area contributed by atoms with Gasteiger partial charge >= 0.3 is 0 Å². The van der Waals surface area contributed by atoms with Crippen LogP contribution < -0.4 is 5.73 Å². The SMILES string of the molecule is CN1CC2(C1)CN(Cc1ccc(N)cc1)C2. The largest absolute Gasteiger partial charge is 0.399 e. The summed E-state index contributed by atoms with van der Waals surface area (Å²) in [5, 5.41) is 0. The van der Waals surface area contributed by atoms with Gasteiger partial charge < -0.3 is 10.6 Å². The highest BCUT2D eigenvalue weighted by molar-refractivity contribution is 5.39. The first-order valence-electron chi connectivity index (χ1n) is 5.91. The minimum Gasteiger partial charge on any atom is -0.399 e. The summed E-state index contributed by atoms with van der Waals surface area (Å²) in [7, 11) is 2.20. The van der Waals surface area contributed by atoms with E-state index in [4.69, 9.17) is 5.73 Å². The zero-order chi connectivity index (χ0) is 11.2. The summed E-state index contributed by atoms with van der Waals surface area (Å²) in [6, 6.07) is 8.24. The molecule has 0 saturated carbocycles. The summed E-state index contributed by atoms with van der Waals surface area (Å²) >= 11 is 0. The van der Waals surface area contributed by atoms with Gasteiger partial charge in [0.1, 0.15) is 0 Å². The smallest absolute Gasteiger partial charge is 0.0314 e. The van der Waals surface area contributed by atoms with E-state index < -0.39 is 0 Å². The second kappa shape index (κ2) is 3.47. The third-order valence-corrected chi connectivity index (χ3v) is 3.71. The van der Waals surface area contributed by atoms with Crippen LogP contribution in [0.4, 0.5) is 5.69 Å². The van der Waals surface area contributed by atoms with Crippen LogP contribution in [0.2, 0.25) is 0 Å². The van der Waals surface area contributed by atoms with Gasteiger partial charge in [0.05, 0.1) is 0 Å². The highest BCUT2D eigenvalue weighted by atomic mass is 15.3. The number of likely N-dealkylation sites (tertiary alicyclic amines) is 2. The van der Waals surface area contributed by atoms with Crippen molar-refractivity contribution in [1.82, 2.24) is 9.80 Å². The molecule has 0 bridgehead atoms. The van der Waals surface area contributed by atoms with Gasteiger partial charge in [-0.1, -0.05) is 12.1 Å². The van der Waals surface area contributed by atoms with Crippen molar-refractivity contribution < 1.29 is 0 Å². The average molecular weight is 217 g/mol. The van der Waals surface area contributed by atoms with Gasteiger partial charge in [-0.3, -0.25) is 4.90 Å². The summed E-state index contributed by atoms with van der Waals surface area (Å²) in [4.78, 5) is 4.93. The molecule has 2 heterocycles. The van der Waals surface area contributed by atoms with Gasteiger partial charge in [-0.25, -0.2) is 0 Å². The maximum absolute atomic E-state index is 5.67. The Morgan fingerprint density at radius 3 is 2.31 bits per heavy atom. The van der Waals surface area contributed by atoms with Crippen LogP contribution in [-0.2, 0) is 6.54 Å². The van der Waals surface area contributed by atoms with E-state index in [1.165, 1.54) is 31.7 Å². The summed E-state index contributed by atoms with van der Waals surface area (Å²) in [5.74, 6) is 0. The zero-order valence-corrected chi connectivity index (χ0v) is 9.82. The molecule has 0 aliphatic carbocycles. The topological polar surface area (TPSA) is 32.5 Å². The van der Waals surface area contributed by atoms with Crippen LogP contribution in [0.15, 0.2) is 24.3 Å². The fourth-order valence-corrected chi connectivity index (χ4v) is 3.19. The lowest BCUT2D eigenvalue weighted by molar-refractivity contribution is -0.107. The maximum Gasteiger partial charge on any atom is 0.0314 e. The van der Waals surface area contributed by atoms with Crippen LogP contribution in [0.1, 0.15) is 5.56 Å². The Morgan fingerprint density at radius 1 is 1.12 bits per heavy atom. The van der Waals surface area contributed by atoms with Crippen LogP contribution in [0.3, 0.4) is 0 Å². The third-order valence-electron chi connectivity index (χ3n) is 3.71. The zero-order valence-electron chi connectivity index (χ0n) is 9.82. The Bertz CT molecular complexity index is 371. The van der Waals surface area contributed by atoms with Crippen molar-refractivity contribution >= 4 is 5.69 Å². The maximum atomic E-state index is 5.67. The molecule has 0 atom stereocenters.